The number of nitrogens with zero attached hydrogens (tertiary/aromatic N) is 5. The molecule has 5 nitrogen and oxygen atoms in total. The van der Waals surface area contributed by atoms with E-state index >= 15 is 0 Å². The largest absolute Gasteiger partial charge is 0.274 e. The second-order valence-electron chi connectivity index (χ2n) is 5.66. The smallest absolute Gasteiger partial charge is 0.196 e. The number of aromatic nitrogens is 5. The molecule has 0 radical (unpaired) electrons. The maximum atomic E-state index is 13.4. The lowest BCUT2D eigenvalue weighted by Crippen LogP contribution is -2.04. The van der Waals surface area contributed by atoms with Crippen LogP contribution >= 0.6 is 34.9 Å². The first-order chi connectivity index (χ1) is 13.2. The van der Waals surface area contributed by atoms with E-state index < -0.39 is 0 Å². The summed E-state index contributed by atoms with van der Waals surface area (Å²) >= 11 is 8.71. The number of hydrogen-bond donors (Lipinski definition) is 0. The van der Waals surface area contributed by atoms with Crippen LogP contribution in [-0.2, 0) is 12.2 Å². The molecule has 2 aromatic heterocycles. The lowest BCUT2D eigenvalue weighted by atomic mass is 10.1. The van der Waals surface area contributed by atoms with Gasteiger partial charge in [-0.25, -0.2) is 4.39 Å². The van der Waals surface area contributed by atoms with E-state index in [1.54, 1.807) is 12.1 Å². The van der Waals surface area contributed by atoms with Crippen LogP contribution in [0.4, 0.5) is 4.39 Å². The number of hydrogen-bond acceptors (Lipinski definition) is 6. The van der Waals surface area contributed by atoms with Crippen LogP contribution in [0.25, 0.3) is 5.69 Å². The zero-order chi connectivity index (χ0) is 18.6. The van der Waals surface area contributed by atoms with Crippen molar-refractivity contribution in [2.24, 2.45) is 0 Å². The second-order valence-corrected chi connectivity index (χ2v) is 7.95. The van der Waals surface area contributed by atoms with E-state index in [0.29, 0.717) is 27.4 Å². The van der Waals surface area contributed by atoms with Crippen LogP contribution in [0, 0.1) is 5.82 Å². The van der Waals surface area contributed by atoms with E-state index in [0.717, 1.165) is 28.6 Å². The Morgan fingerprint density at radius 1 is 1.00 bits per heavy atom. The minimum absolute atomic E-state index is 0.286. The van der Waals surface area contributed by atoms with E-state index in [2.05, 4.69) is 19.8 Å². The Balaban J connectivity index is 1.67. The molecule has 4 aromatic rings. The van der Waals surface area contributed by atoms with Gasteiger partial charge in [-0.05, 0) is 29.8 Å². The van der Waals surface area contributed by atoms with Crippen molar-refractivity contribution >= 4 is 34.9 Å². The van der Waals surface area contributed by atoms with Gasteiger partial charge in [0, 0.05) is 29.4 Å². The van der Waals surface area contributed by atoms with Crippen LogP contribution in [0.1, 0.15) is 17.1 Å². The number of thioether (sulfide) groups is 1. The zero-order valence-electron chi connectivity index (χ0n) is 13.9. The zero-order valence-corrected chi connectivity index (χ0v) is 16.3. The van der Waals surface area contributed by atoms with Crippen LogP contribution in [0.15, 0.2) is 59.8 Å². The van der Waals surface area contributed by atoms with Crippen molar-refractivity contribution in [2.45, 2.75) is 17.3 Å². The summed E-state index contributed by atoms with van der Waals surface area (Å²) < 4.78 is 19.7. The lowest BCUT2D eigenvalue weighted by molar-refractivity contribution is 0.627. The topological polar surface area (TPSA) is 56.5 Å². The predicted molar refractivity (Wildman–Crippen MR) is 105 cm³/mol. The van der Waals surface area contributed by atoms with Crippen molar-refractivity contribution < 1.29 is 4.39 Å². The minimum Gasteiger partial charge on any atom is -0.274 e. The van der Waals surface area contributed by atoms with Crippen molar-refractivity contribution in [3.63, 3.8) is 0 Å². The first kappa shape index (κ1) is 18.1. The van der Waals surface area contributed by atoms with Gasteiger partial charge >= 0.3 is 0 Å². The molecule has 0 aliphatic heterocycles. The van der Waals surface area contributed by atoms with Crippen LogP contribution in [-0.4, -0.2) is 24.4 Å². The fourth-order valence-electron chi connectivity index (χ4n) is 2.55. The van der Waals surface area contributed by atoms with Gasteiger partial charge in [0.2, 0.25) is 0 Å². The summed E-state index contributed by atoms with van der Waals surface area (Å²) in [6.07, 6.45) is 0.616. The number of halogens is 2. The van der Waals surface area contributed by atoms with Crippen LogP contribution < -0.4 is 0 Å². The fraction of sp³-hybridized carbons (Fsp3) is 0.111. The Bertz CT molecular complexity index is 1030. The highest BCUT2D eigenvalue weighted by Crippen LogP contribution is 2.29. The summed E-state index contributed by atoms with van der Waals surface area (Å²) in [7, 11) is 0. The molecule has 0 aliphatic rings. The molecular formula is C18H13ClFN5S2. The van der Waals surface area contributed by atoms with E-state index in [1.807, 2.05) is 34.9 Å². The Morgan fingerprint density at radius 3 is 2.48 bits per heavy atom. The molecule has 2 heterocycles. The van der Waals surface area contributed by atoms with Gasteiger partial charge in [-0.15, -0.1) is 15.3 Å². The third-order valence-corrected chi connectivity index (χ3v) is 5.76. The minimum atomic E-state index is -0.286. The second kappa shape index (κ2) is 8.16. The summed E-state index contributed by atoms with van der Waals surface area (Å²) in [5, 5.41) is 13.4. The first-order valence-electron chi connectivity index (χ1n) is 8.04. The maximum absolute atomic E-state index is 13.4. The molecule has 0 atom stereocenters. The Hall–Kier alpha value is -2.29. The molecule has 0 aliphatic carbocycles. The van der Waals surface area contributed by atoms with Crippen molar-refractivity contribution in [3.05, 3.63) is 81.8 Å². The summed E-state index contributed by atoms with van der Waals surface area (Å²) in [5.41, 5.74) is 2.64. The summed E-state index contributed by atoms with van der Waals surface area (Å²) in [5.74, 6) is 1.02. The number of benzene rings is 2. The van der Waals surface area contributed by atoms with Crippen molar-refractivity contribution in [3.8, 4) is 5.69 Å². The Morgan fingerprint density at radius 2 is 1.78 bits per heavy atom. The average molecular weight is 418 g/mol. The molecule has 0 fully saturated rings. The highest BCUT2D eigenvalue weighted by molar-refractivity contribution is 7.98. The quantitative estimate of drug-likeness (QED) is 0.422. The molecule has 0 unspecified atom stereocenters. The third-order valence-electron chi connectivity index (χ3n) is 3.84. The summed E-state index contributed by atoms with van der Waals surface area (Å²) in [6.45, 7) is 0. The SMILES string of the molecule is Fc1ccc(-n2c(Cc3ccccc3)nnc2SCc2nnsc2Cl)cc1. The molecule has 0 spiro atoms. The molecule has 0 bridgehead atoms. The van der Waals surface area contributed by atoms with Gasteiger partial charge in [-0.1, -0.05) is 58.2 Å². The van der Waals surface area contributed by atoms with E-state index in [-0.39, 0.29) is 5.82 Å². The molecular weight excluding hydrogens is 405 g/mol. The monoisotopic (exact) mass is 417 g/mol. The van der Waals surface area contributed by atoms with Gasteiger partial charge in [-0.2, -0.15) is 0 Å². The highest BCUT2D eigenvalue weighted by Gasteiger charge is 2.16. The molecule has 0 amide bonds. The first-order valence-corrected chi connectivity index (χ1v) is 10.2. The van der Waals surface area contributed by atoms with Gasteiger partial charge in [0.25, 0.3) is 0 Å². The molecule has 2 aromatic carbocycles. The average Bonchev–Trinajstić information content (AvgIpc) is 3.27. The van der Waals surface area contributed by atoms with Gasteiger partial charge in [-0.3, -0.25) is 4.57 Å². The standard InChI is InChI=1S/C18H13ClFN5S2/c19-17-15(21-24-27-17)11-26-18-23-22-16(10-12-4-2-1-3-5-12)25(18)14-8-6-13(20)7-9-14/h1-9H,10-11H2. The summed E-state index contributed by atoms with van der Waals surface area (Å²) in [6, 6.07) is 16.3. The van der Waals surface area contributed by atoms with Gasteiger partial charge < -0.3 is 0 Å². The van der Waals surface area contributed by atoms with Gasteiger partial charge in [0.05, 0.1) is 0 Å². The molecule has 27 heavy (non-hydrogen) atoms. The third kappa shape index (κ3) is 4.18. The fourth-order valence-corrected chi connectivity index (χ4v) is 4.26. The van der Waals surface area contributed by atoms with Gasteiger partial charge in [0.15, 0.2) is 5.16 Å². The molecule has 0 saturated heterocycles. The maximum Gasteiger partial charge on any atom is 0.196 e. The highest BCUT2D eigenvalue weighted by atomic mass is 35.5. The normalized spacial score (nSPS) is 11.0. The Kier molecular flexibility index (Phi) is 5.47. The van der Waals surface area contributed by atoms with Crippen LogP contribution in [0.2, 0.25) is 4.34 Å². The molecule has 0 saturated carbocycles. The van der Waals surface area contributed by atoms with E-state index in [9.17, 15) is 4.39 Å². The Labute approximate surface area is 168 Å². The molecule has 136 valence electrons. The van der Waals surface area contributed by atoms with E-state index in [1.165, 1.54) is 23.9 Å². The van der Waals surface area contributed by atoms with Crippen molar-refractivity contribution in [1.82, 2.24) is 24.4 Å². The summed E-state index contributed by atoms with van der Waals surface area (Å²) in [4.78, 5) is 0. The van der Waals surface area contributed by atoms with Crippen molar-refractivity contribution in [2.75, 3.05) is 0 Å². The van der Waals surface area contributed by atoms with Crippen LogP contribution in [0.3, 0.4) is 0 Å². The predicted octanol–water partition coefficient (Wildman–Crippen LogP) is 4.79. The van der Waals surface area contributed by atoms with Crippen LogP contribution in [0.5, 0.6) is 0 Å². The number of rotatable bonds is 6. The van der Waals surface area contributed by atoms with E-state index in [4.69, 9.17) is 11.6 Å². The molecule has 0 N–H and O–H groups in total. The van der Waals surface area contributed by atoms with Gasteiger partial charge in [0.1, 0.15) is 21.7 Å². The molecule has 9 heteroatoms. The van der Waals surface area contributed by atoms with Crippen molar-refractivity contribution in [1.29, 1.82) is 0 Å². The molecule has 4 rings (SSSR count). The lowest BCUT2D eigenvalue weighted by Gasteiger charge is -2.10.